The average Bonchev–Trinajstić information content (AvgIpc) is 2.75. The summed E-state index contributed by atoms with van der Waals surface area (Å²) in [7, 11) is 0. The standard InChI is InChI=1S/C12H15N3OS/c1-3-11(16)9-4-6-10(7-5-9)17-12-13-8(2)14-15-12/h4-7,11,16H,3H2,1-2H3,(H,13,14,15). The molecule has 0 saturated heterocycles. The SMILES string of the molecule is CCC(O)c1ccc(Sc2n[nH]c(C)n2)cc1. The number of aliphatic hydroxyl groups is 1. The van der Waals surface area contributed by atoms with Crippen LogP contribution in [-0.2, 0) is 0 Å². The predicted octanol–water partition coefficient (Wildman–Crippen LogP) is 2.71. The maximum absolute atomic E-state index is 9.68. The van der Waals surface area contributed by atoms with Gasteiger partial charge in [-0.05, 0) is 42.8 Å². The normalized spacial score (nSPS) is 12.6. The Morgan fingerprint density at radius 3 is 2.59 bits per heavy atom. The fraction of sp³-hybridized carbons (Fsp3) is 0.333. The van der Waals surface area contributed by atoms with Gasteiger partial charge in [0.15, 0.2) is 0 Å². The first-order valence-electron chi connectivity index (χ1n) is 5.54. The summed E-state index contributed by atoms with van der Waals surface area (Å²) in [5.74, 6) is 0.811. The Kier molecular flexibility index (Phi) is 3.81. The number of benzene rings is 1. The maximum Gasteiger partial charge on any atom is 0.213 e. The van der Waals surface area contributed by atoms with Crippen LogP contribution in [0.15, 0.2) is 34.3 Å². The highest BCUT2D eigenvalue weighted by molar-refractivity contribution is 7.99. The second-order valence-corrected chi connectivity index (χ2v) is 4.84. The Hall–Kier alpha value is -1.33. The van der Waals surface area contributed by atoms with Crippen molar-refractivity contribution in [2.45, 2.75) is 36.4 Å². The second-order valence-electron chi connectivity index (χ2n) is 3.80. The Morgan fingerprint density at radius 1 is 1.35 bits per heavy atom. The Bertz CT molecular complexity index is 481. The molecule has 0 aliphatic heterocycles. The summed E-state index contributed by atoms with van der Waals surface area (Å²) in [6, 6.07) is 7.83. The molecule has 0 aliphatic rings. The molecule has 2 rings (SSSR count). The van der Waals surface area contributed by atoms with Crippen molar-refractivity contribution in [1.82, 2.24) is 15.2 Å². The van der Waals surface area contributed by atoms with Gasteiger partial charge in [0, 0.05) is 4.90 Å². The molecular weight excluding hydrogens is 234 g/mol. The molecule has 0 spiro atoms. The maximum atomic E-state index is 9.68. The molecule has 0 saturated carbocycles. The van der Waals surface area contributed by atoms with E-state index in [-0.39, 0.29) is 6.10 Å². The summed E-state index contributed by atoms with van der Waals surface area (Å²) in [5.41, 5.74) is 0.947. The molecule has 5 heteroatoms. The van der Waals surface area contributed by atoms with Crippen molar-refractivity contribution in [3.63, 3.8) is 0 Å². The van der Waals surface area contributed by atoms with E-state index < -0.39 is 0 Å². The highest BCUT2D eigenvalue weighted by Gasteiger charge is 2.06. The van der Waals surface area contributed by atoms with Crippen LogP contribution in [0.4, 0.5) is 0 Å². The smallest absolute Gasteiger partial charge is 0.213 e. The van der Waals surface area contributed by atoms with E-state index in [1.807, 2.05) is 38.1 Å². The van der Waals surface area contributed by atoms with E-state index >= 15 is 0 Å². The number of aliphatic hydroxyl groups excluding tert-OH is 1. The first kappa shape index (κ1) is 12.1. The molecule has 0 radical (unpaired) electrons. The van der Waals surface area contributed by atoms with Crippen LogP contribution >= 0.6 is 11.8 Å². The Balaban J connectivity index is 2.08. The van der Waals surface area contributed by atoms with Crippen LogP contribution in [0.25, 0.3) is 0 Å². The molecule has 4 nitrogen and oxygen atoms in total. The van der Waals surface area contributed by atoms with E-state index in [1.54, 1.807) is 0 Å². The molecule has 1 unspecified atom stereocenters. The quantitative estimate of drug-likeness (QED) is 0.874. The summed E-state index contributed by atoms with van der Waals surface area (Å²) in [4.78, 5) is 5.29. The van der Waals surface area contributed by atoms with Crippen molar-refractivity contribution in [2.24, 2.45) is 0 Å². The van der Waals surface area contributed by atoms with Gasteiger partial charge in [0.05, 0.1) is 6.10 Å². The van der Waals surface area contributed by atoms with Gasteiger partial charge >= 0.3 is 0 Å². The van der Waals surface area contributed by atoms with Gasteiger partial charge in [-0.15, -0.1) is 5.10 Å². The van der Waals surface area contributed by atoms with Gasteiger partial charge in [-0.2, -0.15) is 0 Å². The van der Waals surface area contributed by atoms with Gasteiger partial charge in [0.2, 0.25) is 5.16 Å². The van der Waals surface area contributed by atoms with Gasteiger partial charge in [-0.3, -0.25) is 5.10 Å². The van der Waals surface area contributed by atoms with Gasteiger partial charge in [0.25, 0.3) is 0 Å². The third-order valence-corrected chi connectivity index (χ3v) is 3.31. The lowest BCUT2D eigenvalue weighted by Gasteiger charge is -2.07. The van der Waals surface area contributed by atoms with E-state index in [9.17, 15) is 5.11 Å². The average molecular weight is 249 g/mol. The predicted molar refractivity (Wildman–Crippen MR) is 66.9 cm³/mol. The van der Waals surface area contributed by atoms with E-state index in [2.05, 4.69) is 15.2 Å². The zero-order valence-corrected chi connectivity index (χ0v) is 10.7. The van der Waals surface area contributed by atoms with Crippen molar-refractivity contribution >= 4 is 11.8 Å². The number of aromatic amines is 1. The van der Waals surface area contributed by atoms with Gasteiger partial charge in [0.1, 0.15) is 5.82 Å². The molecule has 0 bridgehead atoms. The lowest BCUT2D eigenvalue weighted by molar-refractivity contribution is 0.173. The minimum Gasteiger partial charge on any atom is -0.388 e. The summed E-state index contributed by atoms with van der Waals surface area (Å²) in [6.45, 7) is 3.83. The highest BCUT2D eigenvalue weighted by atomic mass is 32.2. The monoisotopic (exact) mass is 249 g/mol. The Morgan fingerprint density at radius 2 is 2.06 bits per heavy atom. The summed E-state index contributed by atoms with van der Waals surface area (Å²) in [6.07, 6.45) is 0.354. The van der Waals surface area contributed by atoms with Crippen LogP contribution in [0.3, 0.4) is 0 Å². The third kappa shape index (κ3) is 3.08. The molecule has 0 fully saturated rings. The number of aromatic nitrogens is 3. The molecule has 0 amide bonds. The third-order valence-electron chi connectivity index (χ3n) is 2.44. The van der Waals surface area contributed by atoms with Crippen molar-refractivity contribution in [1.29, 1.82) is 0 Å². The first-order valence-corrected chi connectivity index (χ1v) is 6.35. The molecule has 1 atom stereocenters. The summed E-state index contributed by atoms with van der Waals surface area (Å²) in [5, 5.41) is 17.3. The van der Waals surface area contributed by atoms with Crippen LogP contribution in [0, 0.1) is 6.92 Å². The summed E-state index contributed by atoms with van der Waals surface area (Å²) >= 11 is 1.50. The largest absolute Gasteiger partial charge is 0.388 e. The Labute approximate surface area is 104 Å². The molecule has 1 aromatic heterocycles. The number of aryl methyl sites for hydroxylation is 1. The van der Waals surface area contributed by atoms with Crippen molar-refractivity contribution in [2.75, 3.05) is 0 Å². The molecule has 0 aliphatic carbocycles. The lowest BCUT2D eigenvalue weighted by atomic mass is 10.1. The number of hydrogen-bond acceptors (Lipinski definition) is 4. The highest BCUT2D eigenvalue weighted by Crippen LogP contribution is 2.26. The van der Waals surface area contributed by atoms with E-state index in [4.69, 9.17) is 0 Å². The first-order chi connectivity index (χ1) is 8.19. The number of hydrogen-bond donors (Lipinski definition) is 2. The van der Waals surface area contributed by atoms with Gasteiger partial charge in [-0.1, -0.05) is 19.1 Å². The molecule has 2 N–H and O–H groups in total. The van der Waals surface area contributed by atoms with Crippen LogP contribution in [0.2, 0.25) is 0 Å². The molecule has 1 heterocycles. The van der Waals surface area contributed by atoms with Crippen molar-refractivity contribution in [3.05, 3.63) is 35.7 Å². The molecule has 2 aromatic rings. The van der Waals surface area contributed by atoms with Crippen LogP contribution in [0.5, 0.6) is 0 Å². The summed E-state index contributed by atoms with van der Waals surface area (Å²) < 4.78 is 0. The zero-order valence-electron chi connectivity index (χ0n) is 9.84. The minimum absolute atomic E-state index is 0.375. The zero-order chi connectivity index (χ0) is 12.3. The molecular formula is C12H15N3OS. The van der Waals surface area contributed by atoms with Gasteiger partial charge < -0.3 is 5.11 Å². The fourth-order valence-electron chi connectivity index (χ4n) is 1.47. The fourth-order valence-corrected chi connectivity index (χ4v) is 2.22. The number of nitrogens with zero attached hydrogens (tertiary/aromatic N) is 2. The van der Waals surface area contributed by atoms with Crippen LogP contribution < -0.4 is 0 Å². The molecule has 1 aromatic carbocycles. The van der Waals surface area contributed by atoms with E-state index in [0.717, 1.165) is 22.7 Å². The van der Waals surface area contributed by atoms with E-state index in [1.165, 1.54) is 11.8 Å². The van der Waals surface area contributed by atoms with Crippen LogP contribution in [0.1, 0.15) is 30.8 Å². The minimum atomic E-state index is -0.375. The number of H-pyrrole nitrogens is 1. The van der Waals surface area contributed by atoms with E-state index in [0.29, 0.717) is 5.16 Å². The van der Waals surface area contributed by atoms with Crippen molar-refractivity contribution in [3.8, 4) is 0 Å². The number of rotatable bonds is 4. The number of nitrogens with one attached hydrogen (secondary N) is 1. The van der Waals surface area contributed by atoms with Gasteiger partial charge in [-0.25, -0.2) is 4.98 Å². The topological polar surface area (TPSA) is 61.8 Å². The molecule has 90 valence electrons. The van der Waals surface area contributed by atoms with Crippen molar-refractivity contribution < 1.29 is 5.11 Å². The second kappa shape index (κ2) is 5.33. The lowest BCUT2D eigenvalue weighted by Crippen LogP contribution is -1.94. The molecule has 17 heavy (non-hydrogen) atoms. The van der Waals surface area contributed by atoms with Crippen LogP contribution in [-0.4, -0.2) is 20.3 Å².